The Morgan fingerprint density at radius 1 is 1.33 bits per heavy atom. The monoisotopic (exact) mass is 248 g/mol. The van der Waals surface area contributed by atoms with Gasteiger partial charge in [-0.3, -0.25) is 4.79 Å². The smallest absolute Gasteiger partial charge is 0.220 e. The Balaban J connectivity index is 1.66. The van der Waals surface area contributed by atoms with Crippen molar-refractivity contribution in [2.24, 2.45) is 5.92 Å². The molecule has 1 aliphatic heterocycles. The molecule has 3 N–H and O–H groups in total. The average molecular weight is 248 g/mol. The van der Waals surface area contributed by atoms with Crippen LogP contribution in [0.15, 0.2) is 30.3 Å². The fourth-order valence-electron chi connectivity index (χ4n) is 2.16. The van der Waals surface area contributed by atoms with Gasteiger partial charge in [0.05, 0.1) is 6.10 Å². The first-order valence-corrected chi connectivity index (χ1v) is 6.45. The lowest BCUT2D eigenvalue weighted by Crippen LogP contribution is -2.34. The number of nitrogens with one attached hydrogen (secondary N) is 2. The first-order valence-electron chi connectivity index (χ1n) is 6.45. The van der Waals surface area contributed by atoms with Gasteiger partial charge in [-0.1, -0.05) is 30.3 Å². The number of carbonyl (C=O) groups excluding carboxylic acids is 1. The quantitative estimate of drug-likeness (QED) is 0.703. The van der Waals surface area contributed by atoms with Crippen molar-refractivity contribution in [1.82, 2.24) is 10.6 Å². The van der Waals surface area contributed by atoms with E-state index in [0.29, 0.717) is 19.5 Å². The number of aliphatic hydroxyl groups excluding tert-OH is 1. The van der Waals surface area contributed by atoms with Gasteiger partial charge < -0.3 is 15.7 Å². The van der Waals surface area contributed by atoms with E-state index in [0.717, 1.165) is 13.0 Å². The van der Waals surface area contributed by atoms with Gasteiger partial charge in [-0.2, -0.15) is 0 Å². The fraction of sp³-hybridized carbons (Fsp3) is 0.500. The predicted octanol–water partition coefficient (Wildman–Crippen LogP) is 0.316. The van der Waals surface area contributed by atoms with Crippen molar-refractivity contribution in [3.63, 3.8) is 0 Å². The van der Waals surface area contributed by atoms with Crippen LogP contribution >= 0.6 is 0 Å². The molecular formula is C14H20N2O2. The van der Waals surface area contributed by atoms with Gasteiger partial charge in [0.1, 0.15) is 0 Å². The maximum atomic E-state index is 11.7. The Morgan fingerprint density at radius 3 is 2.78 bits per heavy atom. The Labute approximate surface area is 107 Å². The van der Waals surface area contributed by atoms with Gasteiger partial charge in [0, 0.05) is 32.0 Å². The summed E-state index contributed by atoms with van der Waals surface area (Å²) in [5.74, 6) is 0.198. The zero-order valence-corrected chi connectivity index (χ0v) is 10.4. The zero-order valence-electron chi connectivity index (χ0n) is 10.4. The van der Waals surface area contributed by atoms with Gasteiger partial charge in [-0.25, -0.2) is 0 Å². The minimum absolute atomic E-state index is 0.0537. The summed E-state index contributed by atoms with van der Waals surface area (Å²) in [7, 11) is 0. The van der Waals surface area contributed by atoms with E-state index in [1.165, 1.54) is 5.56 Å². The lowest BCUT2D eigenvalue weighted by Gasteiger charge is -2.14. The number of hydrogen-bond acceptors (Lipinski definition) is 3. The van der Waals surface area contributed by atoms with Crippen molar-refractivity contribution in [2.75, 3.05) is 19.6 Å². The summed E-state index contributed by atoms with van der Waals surface area (Å²) in [6.07, 6.45) is 0.928. The predicted molar refractivity (Wildman–Crippen MR) is 70.1 cm³/mol. The lowest BCUT2D eigenvalue weighted by atomic mass is 10.1. The van der Waals surface area contributed by atoms with Crippen molar-refractivity contribution in [3.8, 4) is 0 Å². The molecule has 0 radical (unpaired) electrons. The summed E-state index contributed by atoms with van der Waals surface area (Å²) in [4.78, 5) is 11.7. The summed E-state index contributed by atoms with van der Waals surface area (Å²) in [6, 6.07) is 9.98. The van der Waals surface area contributed by atoms with E-state index in [2.05, 4.69) is 10.6 Å². The molecule has 1 saturated heterocycles. The second-order valence-corrected chi connectivity index (χ2v) is 4.78. The van der Waals surface area contributed by atoms with Crippen molar-refractivity contribution in [2.45, 2.75) is 18.9 Å². The number of carbonyl (C=O) groups is 1. The van der Waals surface area contributed by atoms with Crippen LogP contribution < -0.4 is 10.6 Å². The number of rotatable bonds is 5. The van der Waals surface area contributed by atoms with Crippen LogP contribution in [0.3, 0.4) is 0 Å². The molecule has 0 aromatic heterocycles. The van der Waals surface area contributed by atoms with E-state index in [1.807, 2.05) is 30.3 Å². The molecule has 1 amide bonds. The Kier molecular flexibility index (Phi) is 4.73. The number of aliphatic hydroxyl groups is 1. The van der Waals surface area contributed by atoms with Crippen LogP contribution in [0.2, 0.25) is 0 Å². The molecule has 2 unspecified atom stereocenters. The van der Waals surface area contributed by atoms with Gasteiger partial charge in [-0.05, 0) is 12.0 Å². The summed E-state index contributed by atoms with van der Waals surface area (Å²) in [5, 5.41) is 15.6. The molecule has 0 saturated carbocycles. The first kappa shape index (κ1) is 13.1. The van der Waals surface area contributed by atoms with Gasteiger partial charge in [0.15, 0.2) is 0 Å². The third-order valence-electron chi connectivity index (χ3n) is 3.35. The molecule has 0 spiro atoms. The van der Waals surface area contributed by atoms with Crippen LogP contribution in [0.5, 0.6) is 0 Å². The highest BCUT2D eigenvalue weighted by Gasteiger charge is 2.24. The molecule has 4 heteroatoms. The van der Waals surface area contributed by atoms with Gasteiger partial charge in [-0.15, -0.1) is 0 Å². The molecule has 1 aliphatic rings. The van der Waals surface area contributed by atoms with Crippen LogP contribution in [-0.4, -0.2) is 36.8 Å². The highest BCUT2D eigenvalue weighted by atomic mass is 16.3. The number of β-amino-alcohol motifs (C(OH)–C–C–N with tert-alkyl or cyclic N) is 1. The summed E-state index contributed by atoms with van der Waals surface area (Å²) in [5.41, 5.74) is 1.18. The molecule has 1 aromatic rings. The highest BCUT2D eigenvalue weighted by Crippen LogP contribution is 2.07. The summed E-state index contributed by atoms with van der Waals surface area (Å²) >= 11 is 0. The van der Waals surface area contributed by atoms with Gasteiger partial charge in [0.2, 0.25) is 5.91 Å². The topological polar surface area (TPSA) is 61.4 Å². The van der Waals surface area contributed by atoms with E-state index < -0.39 is 0 Å². The molecule has 1 heterocycles. The standard InChI is InChI=1S/C14H20N2O2/c17-13-10-15-8-12(13)9-16-14(18)7-6-11-4-2-1-3-5-11/h1-5,12-13,15,17H,6-10H2,(H,16,18). The maximum Gasteiger partial charge on any atom is 0.220 e. The minimum atomic E-state index is -0.334. The zero-order chi connectivity index (χ0) is 12.8. The van der Waals surface area contributed by atoms with E-state index in [1.54, 1.807) is 0 Å². The summed E-state index contributed by atoms with van der Waals surface area (Å²) < 4.78 is 0. The maximum absolute atomic E-state index is 11.7. The Morgan fingerprint density at radius 2 is 2.11 bits per heavy atom. The summed E-state index contributed by atoms with van der Waals surface area (Å²) in [6.45, 7) is 1.96. The molecule has 2 rings (SSSR count). The first-order chi connectivity index (χ1) is 8.75. The molecule has 4 nitrogen and oxygen atoms in total. The van der Waals surface area contributed by atoms with Crippen molar-refractivity contribution < 1.29 is 9.90 Å². The van der Waals surface area contributed by atoms with E-state index in [9.17, 15) is 9.90 Å². The lowest BCUT2D eigenvalue weighted by molar-refractivity contribution is -0.121. The molecule has 98 valence electrons. The van der Waals surface area contributed by atoms with Crippen LogP contribution in [0.1, 0.15) is 12.0 Å². The van der Waals surface area contributed by atoms with Crippen LogP contribution in [0.4, 0.5) is 0 Å². The highest BCUT2D eigenvalue weighted by molar-refractivity contribution is 5.76. The molecule has 1 fully saturated rings. The number of hydrogen-bond donors (Lipinski definition) is 3. The van der Waals surface area contributed by atoms with E-state index in [-0.39, 0.29) is 17.9 Å². The Bertz CT molecular complexity index is 381. The number of amides is 1. The number of benzene rings is 1. The van der Waals surface area contributed by atoms with Gasteiger partial charge >= 0.3 is 0 Å². The Hall–Kier alpha value is -1.39. The minimum Gasteiger partial charge on any atom is -0.391 e. The van der Waals surface area contributed by atoms with E-state index in [4.69, 9.17) is 0 Å². The molecule has 1 aromatic carbocycles. The van der Waals surface area contributed by atoms with Crippen LogP contribution in [-0.2, 0) is 11.2 Å². The largest absolute Gasteiger partial charge is 0.391 e. The second-order valence-electron chi connectivity index (χ2n) is 4.78. The third kappa shape index (κ3) is 3.82. The second kappa shape index (κ2) is 6.52. The van der Waals surface area contributed by atoms with Crippen molar-refractivity contribution >= 4 is 5.91 Å². The van der Waals surface area contributed by atoms with Crippen molar-refractivity contribution in [3.05, 3.63) is 35.9 Å². The molecule has 18 heavy (non-hydrogen) atoms. The third-order valence-corrected chi connectivity index (χ3v) is 3.35. The normalized spacial score (nSPS) is 22.9. The van der Waals surface area contributed by atoms with Gasteiger partial charge in [0.25, 0.3) is 0 Å². The molecule has 0 bridgehead atoms. The van der Waals surface area contributed by atoms with Crippen LogP contribution in [0.25, 0.3) is 0 Å². The molecular weight excluding hydrogens is 228 g/mol. The average Bonchev–Trinajstić information content (AvgIpc) is 2.81. The van der Waals surface area contributed by atoms with Crippen molar-refractivity contribution in [1.29, 1.82) is 0 Å². The molecule has 0 aliphatic carbocycles. The van der Waals surface area contributed by atoms with Crippen LogP contribution in [0, 0.1) is 5.92 Å². The number of aryl methyl sites for hydroxylation is 1. The fourth-order valence-corrected chi connectivity index (χ4v) is 2.16. The van der Waals surface area contributed by atoms with E-state index >= 15 is 0 Å². The SMILES string of the molecule is O=C(CCc1ccccc1)NCC1CNCC1O. The molecule has 2 atom stereocenters.